The van der Waals surface area contributed by atoms with Crippen LogP contribution in [-0.4, -0.2) is 24.0 Å². The normalized spacial score (nSPS) is 13.8. The molecule has 0 atom stereocenters. The SMILES string of the molecule is COc1cnccc1C(=O)c1ccc(OC2CC2)cc1. The summed E-state index contributed by atoms with van der Waals surface area (Å²) in [7, 11) is 1.53. The van der Waals surface area contributed by atoms with Gasteiger partial charge in [0.25, 0.3) is 0 Å². The first-order chi connectivity index (χ1) is 9.78. The number of ether oxygens (including phenoxy) is 2. The minimum atomic E-state index is -0.0813. The molecule has 3 rings (SSSR count). The van der Waals surface area contributed by atoms with E-state index in [4.69, 9.17) is 9.47 Å². The molecular weight excluding hydrogens is 254 g/mol. The Labute approximate surface area is 117 Å². The molecule has 4 heteroatoms. The molecule has 2 aromatic rings. The van der Waals surface area contributed by atoms with Gasteiger partial charge >= 0.3 is 0 Å². The Balaban J connectivity index is 1.82. The minimum Gasteiger partial charge on any atom is -0.494 e. The second-order valence-corrected chi connectivity index (χ2v) is 4.75. The van der Waals surface area contributed by atoms with Crippen LogP contribution in [0.4, 0.5) is 0 Å². The van der Waals surface area contributed by atoms with Crippen LogP contribution < -0.4 is 9.47 Å². The number of aromatic nitrogens is 1. The summed E-state index contributed by atoms with van der Waals surface area (Å²) < 4.78 is 10.8. The van der Waals surface area contributed by atoms with Crippen LogP contribution in [0.15, 0.2) is 42.7 Å². The number of rotatable bonds is 5. The summed E-state index contributed by atoms with van der Waals surface area (Å²) >= 11 is 0. The zero-order chi connectivity index (χ0) is 13.9. The molecule has 1 saturated carbocycles. The zero-order valence-corrected chi connectivity index (χ0v) is 11.2. The summed E-state index contributed by atoms with van der Waals surface area (Å²) in [4.78, 5) is 16.4. The molecule has 0 aliphatic heterocycles. The predicted octanol–water partition coefficient (Wildman–Crippen LogP) is 2.86. The van der Waals surface area contributed by atoms with Crippen LogP contribution in [0.3, 0.4) is 0 Å². The molecule has 0 spiro atoms. The average molecular weight is 269 g/mol. The molecule has 0 N–H and O–H groups in total. The van der Waals surface area contributed by atoms with Gasteiger partial charge in [0.05, 0.1) is 25.0 Å². The van der Waals surface area contributed by atoms with E-state index in [0.717, 1.165) is 18.6 Å². The maximum atomic E-state index is 12.4. The Hall–Kier alpha value is -2.36. The summed E-state index contributed by atoms with van der Waals surface area (Å²) in [5.74, 6) is 1.21. The third-order valence-electron chi connectivity index (χ3n) is 3.19. The van der Waals surface area contributed by atoms with E-state index in [1.54, 1.807) is 24.4 Å². The second-order valence-electron chi connectivity index (χ2n) is 4.75. The maximum Gasteiger partial charge on any atom is 0.196 e. The second kappa shape index (κ2) is 5.33. The molecule has 1 aliphatic carbocycles. The fourth-order valence-corrected chi connectivity index (χ4v) is 1.95. The summed E-state index contributed by atoms with van der Waals surface area (Å²) in [5, 5.41) is 0. The van der Waals surface area contributed by atoms with Crippen LogP contribution in [0.25, 0.3) is 0 Å². The summed E-state index contributed by atoms with van der Waals surface area (Å²) in [6.45, 7) is 0. The van der Waals surface area contributed by atoms with E-state index >= 15 is 0 Å². The number of hydrogen-bond donors (Lipinski definition) is 0. The molecule has 102 valence electrons. The highest BCUT2D eigenvalue weighted by atomic mass is 16.5. The maximum absolute atomic E-state index is 12.4. The lowest BCUT2D eigenvalue weighted by Gasteiger charge is -2.08. The molecule has 1 aromatic carbocycles. The van der Waals surface area contributed by atoms with Gasteiger partial charge in [0.15, 0.2) is 5.78 Å². The quantitative estimate of drug-likeness (QED) is 0.783. The van der Waals surface area contributed by atoms with Crippen LogP contribution in [-0.2, 0) is 0 Å². The van der Waals surface area contributed by atoms with Crippen LogP contribution in [0, 0.1) is 0 Å². The van der Waals surface area contributed by atoms with Crippen molar-refractivity contribution in [3.8, 4) is 11.5 Å². The first-order valence-electron chi connectivity index (χ1n) is 6.57. The van der Waals surface area contributed by atoms with Crippen molar-refractivity contribution in [2.24, 2.45) is 0 Å². The molecule has 0 radical (unpaired) electrons. The molecule has 0 saturated heterocycles. The molecule has 4 nitrogen and oxygen atoms in total. The van der Waals surface area contributed by atoms with Crippen molar-refractivity contribution in [3.63, 3.8) is 0 Å². The Morgan fingerprint density at radius 1 is 1.20 bits per heavy atom. The zero-order valence-electron chi connectivity index (χ0n) is 11.2. The van der Waals surface area contributed by atoms with E-state index in [1.807, 2.05) is 12.1 Å². The van der Waals surface area contributed by atoms with Gasteiger partial charge in [-0.1, -0.05) is 0 Å². The van der Waals surface area contributed by atoms with Crippen molar-refractivity contribution in [1.29, 1.82) is 0 Å². The van der Waals surface area contributed by atoms with Gasteiger partial charge in [0.1, 0.15) is 11.5 Å². The lowest BCUT2D eigenvalue weighted by atomic mass is 10.0. The third kappa shape index (κ3) is 2.64. The van der Waals surface area contributed by atoms with Gasteiger partial charge in [0.2, 0.25) is 0 Å². The van der Waals surface area contributed by atoms with Crippen molar-refractivity contribution in [3.05, 3.63) is 53.9 Å². The van der Waals surface area contributed by atoms with E-state index in [-0.39, 0.29) is 5.78 Å². The van der Waals surface area contributed by atoms with Gasteiger partial charge < -0.3 is 9.47 Å². The van der Waals surface area contributed by atoms with Gasteiger partial charge in [-0.05, 0) is 43.2 Å². The first-order valence-corrected chi connectivity index (χ1v) is 6.57. The molecule has 0 amide bonds. The fourth-order valence-electron chi connectivity index (χ4n) is 1.95. The number of hydrogen-bond acceptors (Lipinski definition) is 4. The first kappa shape index (κ1) is 12.7. The van der Waals surface area contributed by atoms with Crippen LogP contribution in [0.1, 0.15) is 28.8 Å². The highest BCUT2D eigenvalue weighted by molar-refractivity contribution is 6.10. The Bertz CT molecular complexity index is 618. The number of nitrogens with zero attached hydrogens (tertiary/aromatic N) is 1. The lowest BCUT2D eigenvalue weighted by Crippen LogP contribution is -2.04. The number of carbonyl (C=O) groups is 1. The lowest BCUT2D eigenvalue weighted by molar-refractivity contribution is 0.103. The van der Waals surface area contributed by atoms with E-state index in [0.29, 0.717) is 23.0 Å². The monoisotopic (exact) mass is 269 g/mol. The Morgan fingerprint density at radius 3 is 2.60 bits per heavy atom. The topological polar surface area (TPSA) is 48.4 Å². The van der Waals surface area contributed by atoms with Crippen molar-refractivity contribution in [1.82, 2.24) is 4.98 Å². The molecular formula is C16H15NO3. The van der Waals surface area contributed by atoms with E-state index in [2.05, 4.69) is 4.98 Å². The van der Waals surface area contributed by atoms with E-state index in [1.165, 1.54) is 13.3 Å². The number of methoxy groups -OCH3 is 1. The molecule has 1 aromatic heterocycles. The predicted molar refractivity (Wildman–Crippen MR) is 74.3 cm³/mol. The smallest absolute Gasteiger partial charge is 0.196 e. The van der Waals surface area contributed by atoms with Crippen molar-refractivity contribution in [2.75, 3.05) is 7.11 Å². The summed E-state index contributed by atoms with van der Waals surface area (Å²) in [6.07, 6.45) is 5.72. The van der Waals surface area contributed by atoms with Gasteiger partial charge in [-0.25, -0.2) is 0 Å². The van der Waals surface area contributed by atoms with E-state index in [9.17, 15) is 4.79 Å². The molecule has 0 unspecified atom stereocenters. The standard InChI is InChI=1S/C16H15NO3/c1-19-15-10-17-9-8-14(15)16(18)11-2-4-12(5-3-11)20-13-6-7-13/h2-5,8-10,13H,6-7H2,1H3. The molecule has 1 aliphatic rings. The highest BCUT2D eigenvalue weighted by Crippen LogP contribution is 2.27. The van der Waals surface area contributed by atoms with Crippen LogP contribution in [0.5, 0.6) is 11.5 Å². The molecule has 1 fully saturated rings. The summed E-state index contributed by atoms with van der Waals surface area (Å²) in [5.41, 5.74) is 1.12. The average Bonchev–Trinajstić information content (AvgIpc) is 3.31. The van der Waals surface area contributed by atoms with Crippen LogP contribution in [0.2, 0.25) is 0 Å². The number of carbonyl (C=O) groups excluding carboxylic acids is 1. The molecule has 1 heterocycles. The Kier molecular flexibility index (Phi) is 3.37. The number of ketones is 1. The largest absolute Gasteiger partial charge is 0.494 e. The van der Waals surface area contributed by atoms with Gasteiger partial charge in [-0.3, -0.25) is 9.78 Å². The highest BCUT2D eigenvalue weighted by Gasteiger charge is 2.23. The van der Waals surface area contributed by atoms with Crippen molar-refractivity contribution in [2.45, 2.75) is 18.9 Å². The van der Waals surface area contributed by atoms with Gasteiger partial charge in [-0.15, -0.1) is 0 Å². The minimum absolute atomic E-state index is 0.0813. The molecule has 0 bridgehead atoms. The summed E-state index contributed by atoms with van der Waals surface area (Å²) in [6, 6.07) is 8.88. The number of pyridine rings is 1. The van der Waals surface area contributed by atoms with Crippen molar-refractivity contribution < 1.29 is 14.3 Å². The molecule has 20 heavy (non-hydrogen) atoms. The van der Waals surface area contributed by atoms with Crippen LogP contribution >= 0.6 is 0 Å². The van der Waals surface area contributed by atoms with Gasteiger partial charge in [-0.2, -0.15) is 0 Å². The Morgan fingerprint density at radius 2 is 1.95 bits per heavy atom. The number of benzene rings is 1. The third-order valence-corrected chi connectivity index (χ3v) is 3.19. The van der Waals surface area contributed by atoms with Gasteiger partial charge in [0, 0.05) is 11.8 Å². The van der Waals surface area contributed by atoms with Crippen molar-refractivity contribution >= 4 is 5.78 Å². The fraction of sp³-hybridized carbons (Fsp3) is 0.250. The van der Waals surface area contributed by atoms with E-state index < -0.39 is 0 Å².